The van der Waals surface area contributed by atoms with Gasteiger partial charge in [-0.1, -0.05) is 39.3 Å². The molecule has 0 radical (unpaired) electrons. The van der Waals surface area contributed by atoms with Crippen molar-refractivity contribution in [3.8, 4) is 0 Å². The lowest BCUT2D eigenvalue weighted by molar-refractivity contribution is -0.123. The molecule has 0 saturated carbocycles. The Kier molecular flexibility index (Phi) is 7.75. The monoisotopic (exact) mass is 319 g/mol. The van der Waals surface area contributed by atoms with Gasteiger partial charge in [0.1, 0.15) is 0 Å². The Morgan fingerprint density at radius 2 is 1.87 bits per heavy atom. The van der Waals surface area contributed by atoms with E-state index < -0.39 is 6.04 Å². The second-order valence-corrected chi connectivity index (χ2v) is 6.11. The fraction of sp³-hybridized carbons (Fsp3) is 0.556. The number of hydrogen-bond donors (Lipinski definition) is 3. The van der Waals surface area contributed by atoms with Crippen molar-refractivity contribution >= 4 is 11.8 Å². The molecule has 5 nitrogen and oxygen atoms in total. The van der Waals surface area contributed by atoms with Crippen molar-refractivity contribution in [3.05, 3.63) is 35.4 Å². The zero-order valence-electron chi connectivity index (χ0n) is 14.6. The normalized spacial score (nSPS) is 14.7. The molecule has 1 rings (SSSR count). The maximum absolute atomic E-state index is 12.1. The summed E-state index contributed by atoms with van der Waals surface area (Å²) in [5, 5.41) is 5.77. The van der Waals surface area contributed by atoms with Crippen LogP contribution < -0.4 is 16.4 Å². The molecule has 3 atom stereocenters. The summed E-state index contributed by atoms with van der Waals surface area (Å²) in [6.45, 7) is 8.34. The maximum atomic E-state index is 12.1. The van der Waals surface area contributed by atoms with Crippen molar-refractivity contribution in [3.63, 3.8) is 0 Å². The molecule has 3 unspecified atom stereocenters. The third-order valence-corrected chi connectivity index (χ3v) is 4.21. The Labute approximate surface area is 139 Å². The van der Waals surface area contributed by atoms with Gasteiger partial charge in [-0.05, 0) is 37.0 Å². The summed E-state index contributed by atoms with van der Waals surface area (Å²) in [4.78, 5) is 24.1. The average Bonchev–Trinajstić information content (AvgIpc) is 2.58. The molecule has 1 aromatic carbocycles. The van der Waals surface area contributed by atoms with Gasteiger partial charge in [0.15, 0.2) is 0 Å². The molecule has 0 aromatic heterocycles. The summed E-state index contributed by atoms with van der Waals surface area (Å²) in [6.07, 6.45) is 1.74. The molecule has 0 heterocycles. The lowest BCUT2D eigenvalue weighted by Gasteiger charge is -2.18. The van der Waals surface area contributed by atoms with Gasteiger partial charge in [0.05, 0.1) is 6.04 Å². The standard InChI is InChI=1S/C18H29N3O2/c1-5-12(3)16(19)18(23)20-11-14-8-7-9-15(10-14)17(22)21-13(4)6-2/h7-10,12-13,16H,5-6,11,19H2,1-4H3,(H,20,23)(H,21,22). The number of hydrogen-bond acceptors (Lipinski definition) is 3. The summed E-state index contributed by atoms with van der Waals surface area (Å²) in [6, 6.07) is 6.91. The SMILES string of the molecule is CCC(C)NC(=O)c1cccc(CNC(=O)C(N)C(C)CC)c1. The number of carbonyl (C=O) groups excluding carboxylic acids is 2. The molecule has 1 aromatic rings. The van der Waals surface area contributed by atoms with Crippen molar-refractivity contribution < 1.29 is 9.59 Å². The van der Waals surface area contributed by atoms with Crippen molar-refractivity contribution in [1.29, 1.82) is 0 Å². The molecular formula is C18H29N3O2. The zero-order valence-corrected chi connectivity index (χ0v) is 14.6. The van der Waals surface area contributed by atoms with Crippen LogP contribution in [-0.2, 0) is 11.3 Å². The van der Waals surface area contributed by atoms with Gasteiger partial charge in [-0.25, -0.2) is 0 Å². The highest BCUT2D eigenvalue weighted by Crippen LogP contribution is 2.08. The van der Waals surface area contributed by atoms with Crippen LogP contribution in [0, 0.1) is 5.92 Å². The maximum Gasteiger partial charge on any atom is 0.251 e. The highest BCUT2D eigenvalue weighted by atomic mass is 16.2. The number of nitrogens with one attached hydrogen (secondary N) is 2. The minimum atomic E-state index is -0.503. The highest BCUT2D eigenvalue weighted by molar-refractivity contribution is 5.94. The van der Waals surface area contributed by atoms with Crippen LogP contribution in [0.2, 0.25) is 0 Å². The van der Waals surface area contributed by atoms with E-state index in [0.29, 0.717) is 12.1 Å². The van der Waals surface area contributed by atoms with E-state index in [1.807, 2.05) is 39.8 Å². The van der Waals surface area contributed by atoms with Crippen LogP contribution in [0.1, 0.15) is 56.5 Å². The topological polar surface area (TPSA) is 84.2 Å². The molecule has 0 aliphatic carbocycles. The van der Waals surface area contributed by atoms with Gasteiger partial charge in [0, 0.05) is 18.2 Å². The first-order chi connectivity index (χ1) is 10.9. The van der Waals surface area contributed by atoms with E-state index in [2.05, 4.69) is 10.6 Å². The van der Waals surface area contributed by atoms with Gasteiger partial charge in [0.25, 0.3) is 5.91 Å². The molecule has 0 aliphatic rings. The van der Waals surface area contributed by atoms with Gasteiger partial charge in [-0.3, -0.25) is 9.59 Å². The largest absolute Gasteiger partial charge is 0.351 e. The Hall–Kier alpha value is -1.88. The third kappa shape index (κ3) is 6.02. The lowest BCUT2D eigenvalue weighted by Crippen LogP contribution is -2.44. The zero-order chi connectivity index (χ0) is 17.4. The molecule has 0 spiro atoms. The van der Waals surface area contributed by atoms with Gasteiger partial charge in [-0.15, -0.1) is 0 Å². The van der Waals surface area contributed by atoms with Crippen LogP contribution in [-0.4, -0.2) is 23.9 Å². The van der Waals surface area contributed by atoms with E-state index in [1.54, 1.807) is 12.1 Å². The van der Waals surface area contributed by atoms with E-state index in [0.717, 1.165) is 18.4 Å². The number of rotatable bonds is 8. The number of benzene rings is 1. The van der Waals surface area contributed by atoms with Gasteiger partial charge in [-0.2, -0.15) is 0 Å². The van der Waals surface area contributed by atoms with Crippen molar-refractivity contribution in [1.82, 2.24) is 10.6 Å². The molecule has 0 bridgehead atoms. The lowest BCUT2D eigenvalue weighted by atomic mass is 9.99. The summed E-state index contributed by atoms with van der Waals surface area (Å²) in [5.74, 6) is -0.111. The van der Waals surface area contributed by atoms with E-state index >= 15 is 0 Å². The summed E-state index contributed by atoms with van der Waals surface area (Å²) in [7, 11) is 0. The number of amides is 2. The van der Waals surface area contributed by atoms with Crippen LogP contribution >= 0.6 is 0 Å². The Morgan fingerprint density at radius 3 is 2.48 bits per heavy atom. The van der Waals surface area contributed by atoms with Crippen molar-refractivity contribution in [2.24, 2.45) is 11.7 Å². The van der Waals surface area contributed by atoms with Crippen LogP contribution in [0.5, 0.6) is 0 Å². The minimum Gasteiger partial charge on any atom is -0.351 e. The average molecular weight is 319 g/mol. The Morgan fingerprint density at radius 1 is 1.17 bits per heavy atom. The summed E-state index contributed by atoms with van der Waals surface area (Å²) in [5.41, 5.74) is 7.39. The third-order valence-electron chi connectivity index (χ3n) is 4.21. The summed E-state index contributed by atoms with van der Waals surface area (Å²) >= 11 is 0. The molecule has 4 N–H and O–H groups in total. The number of nitrogens with two attached hydrogens (primary N) is 1. The number of carbonyl (C=O) groups is 2. The molecule has 0 aliphatic heterocycles. The van der Waals surface area contributed by atoms with Crippen LogP contribution in [0.15, 0.2) is 24.3 Å². The first-order valence-corrected chi connectivity index (χ1v) is 8.32. The highest BCUT2D eigenvalue weighted by Gasteiger charge is 2.19. The Balaban J connectivity index is 2.64. The minimum absolute atomic E-state index is 0.0937. The van der Waals surface area contributed by atoms with E-state index in [1.165, 1.54) is 0 Å². The molecule has 128 valence electrons. The van der Waals surface area contributed by atoms with E-state index in [-0.39, 0.29) is 23.8 Å². The smallest absolute Gasteiger partial charge is 0.251 e. The first kappa shape index (κ1) is 19.2. The predicted molar refractivity (Wildman–Crippen MR) is 92.9 cm³/mol. The predicted octanol–water partition coefficient (Wildman–Crippen LogP) is 2.20. The van der Waals surface area contributed by atoms with Gasteiger partial charge >= 0.3 is 0 Å². The van der Waals surface area contributed by atoms with Gasteiger partial charge < -0.3 is 16.4 Å². The fourth-order valence-corrected chi connectivity index (χ4v) is 2.05. The van der Waals surface area contributed by atoms with Crippen molar-refractivity contribution in [2.75, 3.05) is 0 Å². The molecule has 0 saturated heterocycles. The van der Waals surface area contributed by atoms with E-state index in [9.17, 15) is 9.59 Å². The first-order valence-electron chi connectivity index (χ1n) is 8.32. The molecule has 23 heavy (non-hydrogen) atoms. The molecule has 5 heteroatoms. The van der Waals surface area contributed by atoms with Gasteiger partial charge in [0.2, 0.25) is 5.91 Å². The van der Waals surface area contributed by atoms with Crippen LogP contribution in [0.4, 0.5) is 0 Å². The quantitative estimate of drug-likeness (QED) is 0.687. The second kappa shape index (κ2) is 9.30. The van der Waals surface area contributed by atoms with Crippen LogP contribution in [0.3, 0.4) is 0 Å². The van der Waals surface area contributed by atoms with E-state index in [4.69, 9.17) is 5.73 Å². The second-order valence-electron chi connectivity index (χ2n) is 6.11. The molecule has 0 fully saturated rings. The molecule has 2 amide bonds. The molecular weight excluding hydrogens is 290 g/mol. The van der Waals surface area contributed by atoms with Crippen molar-refractivity contribution in [2.45, 2.75) is 59.2 Å². The summed E-state index contributed by atoms with van der Waals surface area (Å²) < 4.78 is 0. The fourth-order valence-electron chi connectivity index (χ4n) is 2.05. The Bertz CT molecular complexity index is 531. The van der Waals surface area contributed by atoms with Crippen LogP contribution in [0.25, 0.3) is 0 Å².